The molecule has 2 heterocycles. The molecule has 5 rings (SSSR count). The summed E-state index contributed by atoms with van der Waals surface area (Å²) in [5, 5.41) is 13.6. The first-order chi connectivity index (χ1) is 14.6. The van der Waals surface area contributed by atoms with Gasteiger partial charge < -0.3 is 18.6 Å². The van der Waals surface area contributed by atoms with E-state index < -0.39 is 6.61 Å². The van der Waals surface area contributed by atoms with E-state index in [9.17, 15) is 8.78 Å². The highest BCUT2D eigenvalue weighted by Crippen LogP contribution is 2.46. The molecule has 3 aromatic rings. The van der Waals surface area contributed by atoms with Crippen molar-refractivity contribution in [1.82, 2.24) is 24.9 Å². The number of alkyl halides is 2. The third-order valence-electron chi connectivity index (χ3n) is 4.98. The minimum atomic E-state index is -2.93. The van der Waals surface area contributed by atoms with Crippen molar-refractivity contribution >= 4 is 11.8 Å². The Kier molecular flexibility index (Phi) is 5.05. The molecule has 0 bridgehead atoms. The Morgan fingerprint density at radius 1 is 1.20 bits per heavy atom. The van der Waals surface area contributed by atoms with Crippen LogP contribution in [0.5, 0.6) is 11.5 Å². The van der Waals surface area contributed by atoms with Gasteiger partial charge in [-0.25, -0.2) is 0 Å². The van der Waals surface area contributed by atoms with Crippen LogP contribution in [0.2, 0.25) is 0 Å². The number of benzene rings is 1. The lowest BCUT2D eigenvalue weighted by Crippen LogP contribution is -2.03. The Hall–Kier alpha value is -2.69. The average Bonchev–Trinajstić information content (AvgIpc) is 3.67. The van der Waals surface area contributed by atoms with Crippen molar-refractivity contribution < 1.29 is 22.8 Å². The summed E-state index contributed by atoms with van der Waals surface area (Å²) in [6.45, 7) is -2.93. The Balaban J connectivity index is 1.30. The molecule has 2 aromatic heterocycles. The second-order valence-electron chi connectivity index (χ2n) is 7.26. The van der Waals surface area contributed by atoms with Crippen LogP contribution < -0.4 is 9.47 Å². The number of methoxy groups -OCH3 is 1. The molecule has 0 unspecified atom stereocenters. The topological polar surface area (TPSA) is 88.1 Å². The fourth-order valence-corrected chi connectivity index (χ4v) is 4.09. The molecule has 2 aliphatic carbocycles. The molecule has 0 saturated heterocycles. The van der Waals surface area contributed by atoms with Gasteiger partial charge in [0.05, 0.1) is 12.9 Å². The number of hydrogen-bond donors (Lipinski definition) is 0. The fourth-order valence-electron chi connectivity index (χ4n) is 3.24. The van der Waals surface area contributed by atoms with Crippen molar-refractivity contribution in [2.45, 2.75) is 55.2 Å². The molecule has 0 spiro atoms. The Bertz CT molecular complexity index is 1050. The number of nitrogens with zero attached hydrogens (tertiary/aromatic N) is 5. The minimum absolute atomic E-state index is 0.0543. The van der Waals surface area contributed by atoms with E-state index in [0.29, 0.717) is 35.0 Å². The molecule has 11 heteroatoms. The number of ether oxygens (including phenoxy) is 2. The van der Waals surface area contributed by atoms with Crippen LogP contribution in [0, 0.1) is 0 Å². The smallest absolute Gasteiger partial charge is 0.387 e. The standard InChI is InChI=1S/C19H19F2N5O3S/c1-27-14-8-11(4-7-13(14)28-18(20)21)16-22-15(29-25-16)9-30-19-24-23-17(10-2-3-10)26(19)12-5-6-12/h4,7-8,10,12,18H,2-3,5-6,9H2,1H3. The number of rotatable bonds is 9. The molecule has 2 fully saturated rings. The normalized spacial score (nSPS) is 16.3. The summed E-state index contributed by atoms with van der Waals surface area (Å²) in [5.74, 6) is 3.01. The second kappa shape index (κ2) is 7.86. The van der Waals surface area contributed by atoms with E-state index in [0.717, 1.165) is 11.0 Å². The number of aromatic nitrogens is 5. The van der Waals surface area contributed by atoms with Gasteiger partial charge in [0, 0.05) is 17.5 Å². The molecule has 0 amide bonds. The van der Waals surface area contributed by atoms with Crippen LogP contribution in [-0.4, -0.2) is 38.6 Å². The van der Waals surface area contributed by atoms with Gasteiger partial charge in [-0.05, 0) is 43.9 Å². The van der Waals surface area contributed by atoms with Crippen molar-refractivity contribution in [3.05, 3.63) is 29.9 Å². The van der Waals surface area contributed by atoms with Gasteiger partial charge >= 0.3 is 6.61 Å². The van der Waals surface area contributed by atoms with Crippen LogP contribution in [0.4, 0.5) is 8.78 Å². The van der Waals surface area contributed by atoms with Crippen molar-refractivity contribution in [1.29, 1.82) is 0 Å². The summed E-state index contributed by atoms with van der Waals surface area (Å²) in [5.41, 5.74) is 0.575. The lowest BCUT2D eigenvalue weighted by molar-refractivity contribution is -0.0512. The molecular weight excluding hydrogens is 416 g/mol. The summed E-state index contributed by atoms with van der Waals surface area (Å²) in [6, 6.07) is 5.01. The van der Waals surface area contributed by atoms with E-state index in [2.05, 4.69) is 29.6 Å². The zero-order chi connectivity index (χ0) is 20.7. The maximum atomic E-state index is 12.5. The monoisotopic (exact) mass is 435 g/mol. The van der Waals surface area contributed by atoms with Crippen LogP contribution in [0.15, 0.2) is 27.9 Å². The summed E-state index contributed by atoms with van der Waals surface area (Å²) < 4.78 is 42.2. The second-order valence-corrected chi connectivity index (χ2v) is 8.20. The lowest BCUT2D eigenvalue weighted by atomic mass is 10.2. The molecule has 158 valence electrons. The molecule has 2 aliphatic rings. The number of thioether (sulfide) groups is 1. The fraction of sp³-hybridized carbons (Fsp3) is 0.474. The van der Waals surface area contributed by atoms with Gasteiger partial charge in [-0.15, -0.1) is 10.2 Å². The molecule has 0 aliphatic heterocycles. The highest BCUT2D eigenvalue weighted by molar-refractivity contribution is 7.98. The van der Waals surface area contributed by atoms with E-state index in [1.54, 1.807) is 6.07 Å². The largest absolute Gasteiger partial charge is 0.493 e. The van der Waals surface area contributed by atoms with Crippen LogP contribution in [-0.2, 0) is 5.75 Å². The maximum Gasteiger partial charge on any atom is 0.387 e. The first kappa shape index (κ1) is 19.3. The summed E-state index contributed by atoms with van der Waals surface area (Å²) in [4.78, 5) is 4.41. The zero-order valence-electron chi connectivity index (χ0n) is 16.1. The van der Waals surface area contributed by atoms with Gasteiger partial charge in [-0.1, -0.05) is 16.9 Å². The summed E-state index contributed by atoms with van der Waals surface area (Å²) in [7, 11) is 1.38. The van der Waals surface area contributed by atoms with Crippen molar-refractivity contribution in [3.63, 3.8) is 0 Å². The molecule has 8 nitrogen and oxygen atoms in total. The van der Waals surface area contributed by atoms with Crippen LogP contribution in [0.3, 0.4) is 0 Å². The summed E-state index contributed by atoms with van der Waals surface area (Å²) in [6.07, 6.45) is 4.71. The van der Waals surface area contributed by atoms with E-state index in [1.165, 1.54) is 56.7 Å². The Morgan fingerprint density at radius 3 is 2.73 bits per heavy atom. The number of hydrogen-bond acceptors (Lipinski definition) is 8. The average molecular weight is 435 g/mol. The van der Waals surface area contributed by atoms with Gasteiger partial charge in [-0.3, -0.25) is 0 Å². The van der Waals surface area contributed by atoms with Crippen LogP contribution in [0.25, 0.3) is 11.4 Å². The van der Waals surface area contributed by atoms with Crippen molar-refractivity contribution in [2.75, 3.05) is 7.11 Å². The van der Waals surface area contributed by atoms with E-state index in [-0.39, 0.29) is 11.5 Å². The van der Waals surface area contributed by atoms with Gasteiger partial charge in [0.1, 0.15) is 5.82 Å². The molecular formula is C19H19F2N5O3S. The van der Waals surface area contributed by atoms with Crippen molar-refractivity contribution in [2.24, 2.45) is 0 Å². The molecule has 0 atom stereocenters. The predicted molar refractivity (Wildman–Crippen MR) is 103 cm³/mol. The van der Waals surface area contributed by atoms with Gasteiger partial charge in [0.15, 0.2) is 16.7 Å². The van der Waals surface area contributed by atoms with E-state index in [4.69, 9.17) is 9.26 Å². The first-order valence-electron chi connectivity index (χ1n) is 9.65. The Morgan fingerprint density at radius 2 is 2.03 bits per heavy atom. The SMILES string of the molecule is COc1cc(-c2noc(CSc3nnc(C4CC4)n3C3CC3)n2)ccc1OC(F)F. The molecule has 0 radical (unpaired) electrons. The third kappa shape index (κ3) is 3.98. The number of halogens is 2. The first-order valence-corrected chi connectivity index (χ1v) is 10.6. The Labute approximate surface area is 175 Å². The zero-order valence-corrected chi connectivity index (χ0v) is 16.9. The predicted octanol–water partition coefficient (Wildman–Crippen LogP) is 4.44. The third-order valence-corrected chi connectivity index (χ3v) is 5.90. The van der Waals surface area contributed by atoms with E-state index >= 15 is 0 Å². The van der Waals surface area contributed by atoms with Gasteiger partial charge in [-0.2, -0.15) is 13.8 Å². The molecule has 0 N–H and O–H groups in total. The highest BCUT2D eigenvalue weighted by atomic mass is 32.2. The van der Waals surface area contributed by atoms with E-state index in [1.807, 2.05) is 0 Å². The van der Waals surface area contributed by atoms with Crippen molar-refractivity contribution in [3.8, 4) is 22.9 Å². The van der Waals surface area contributed by atoms with Crippen LogP contribution in [0.1, 0.15) is 49.4 Å². The molecule has 2 saturated carbocycles. The highest BCUT2D eigenvalue weighted by Gasteiger charge is 2.36. The van der Waals surface area contributed by atoms with Gasteiger partial charge in [0.2, 0.25) is 11.7 Å². The molecule has 1 aromatic carbocycles. The lowest BCUT2D eigenvalue weighted by Gasteiger charge is -2.10. The summed E-state index contributed by atoms with van der Waals surface area (Å²) >= 11 is 1.53. The quantitative estimate of drug-likeness (QED) is 0.456. The maximum absolute atomic E-state index is 12.5. The van der Waals surface area contributed by atoms with Gasteiger partial charge in [0.25, 0.3) is 0 Å². The van der Waals surface area contributed by atoms with Crippen LogP contribution >= 0.6 is 11.8 Å². The minimum Gasteiger partial charge on any atom is -0.493 e. The molecule has 30 heavy (non-hydrogen) atoms.